The van der Waals surface area contributed by atoms with E-state index in [-0.39, 0.29) is 30.7 Å². The number of halogens is 2. The highest BCUT2D eigenvalue weighted by atomic mass is 35.5. The van der Waals surface area contributed by atoms with E-state index in [9.17, 15) is 4.79 Å². The van der Waals surface area contributed by atoms with Crippen molar-refractivity contribution >= 4 is 41.5 Å². The molecule has 0 saturated carbocycles. The van der Waals surface area contributed by atoms with E-state index in [2.05, 4.69) is 52.7 Å². The molecular weight excluding hydrogens is 409 g/mol. The van der Waals surface area contributed by atoms with Crippen molar-refractivity contribution in [2.45, 2.75) is 25.0 Å². The van der Waals surface area contributed by atoms with Gasteiger partial charge in [0.1, 0.15) is 5.60 Å². The molecule has 0 atom stereocenters. The fourth-order valence-electron chi connectivity index (χ4n) is 4.40. The van der Waals surface area contributed by atoms with Gasteiger partial charge in [0.25, 0.3) is 5.91 Å². The van der Waals surface area contributed by atoms with Crippen molar-refractivity contribution < 1.29 is 9.53 Å². The molecule has 5 nitrogen and oxygen atoms in total. The molecule has 0 unspecified atom stereocenters. The third-order valence-electron chi connectivity index (χ3n) is 6.13. The number of hydrogen-bond acceptors (Lipinski definition) is 4. The third kappa shape index (κ3) is 5.04. The second-order valence-corrected chi connectivity index (χ2v) is 7.66. The molecule has 2 aromatic carbocycles. The maximum Gasteiger partial charge on any atom is 0.254 e. The van der Waals surface area contributed by atoms with Crippen LogP contribution in [0.1, 0.15) is 18.4 Å². The van der Waals surface area contributed by atoms with Gasteiger partial charge in [-0.1, -0.05) is 42.5 Å². The van der Waals surface area contributed by atoms with E-state index < -0.39 is 5.60 Å². The Morgan fingerprint density at radius 2 is 1.66 bits per heavy atom. The topological polar surface area (TPSA) is 44.8 Å². The van der Waals surface area contributed by atoms with E-state index in [1.807, 2.05) is 4.90 Å². The number of piperazine rings is 1. The van der Waals surface area contributed by atoms with Crippen molar-refractivity contribution in [3.63, 3.8) is 0 Å². The van der Waals surface area contributed by atoms with Crippen LogP contribution in [0.15, 0.2) is 42.5 Å². The van der Waals surface area contributed by atoms with Gasteiger partial charge in [-0.05, 0) is 42.3 Å². The van der Waals surface area contributed by atoms with E-state index >= 15 is 0 Å². The van der Waals surface area contributed by atoms with Crippen molar-refractivity contribution in [3.05, 3.63) is 48.0 Å². The zero-order valence-corrected chi connectivity index (χ0v) is 18.6. The first kappa shape index (κ1) is 23.9. The lowest BCUT2D eigenvalue weighted by Crippen LogP contribution is -2.59. The highest BCUT2D eigenvalue weighted by molar-refractivity contribution is 5.86. The van der Waals surface area contributed by atoms with E-state index in [0.717, 1.165) is 58.7 Å². The summed E-state index contributed by atoms with van der Waals surface area (Å²) in [6, 6.07) is 15.1. The van der Waals surface area contributed by atoms with Gasteiger partial charge in [-0.3, -0.25) is 9.69 Å². The molecular formula is C22H31Cl2N3O2. The van der Waals surface area contributed by atoms with Gasteiger partial charge in [0.2, 0.25) is 0 Å². The molecule has 2 aliphatic heterocycles. The van der Waals surface area contributed by atoms with Crippen LogP contribution < -0.4 is 5.32 Å². The molecule has 0 spiro atoms. The van der Waals surface area contributed by atoms with E-state index in [1.165, 1.54) is 16.3 Å². The molecule has 29 heavy (non-hydrogen) atoms. The van der Waals surface area contributed by atoms with Gasteiger partial charge in [0, 0.05) is 39.8 Å². The smallest absolute Gasteiger partial charge is 0.254 e. The lowest BCUT2D eigenvalue weighted by molar-refractivity contribution is -0.160. The number of benzene rings is 2. The second kappa shape index (κ2) is 10.6. The van der Waals surface area contributed by atoms with Gasteiger partial charge in [-0.2, -0.15) is 0 Å². The minimum atomic E-state index is -0.622. The van der Waals surface area contributed by atoms with Crippen LogP contribution in [0.5, 0.6) is 0 Å². The highest BCUT2D eigenvalue weighted by Gasteiger charge is 2.42. The van der Waals surface area contributed by atoms with Gasteiger partial charge >= 0.3 is 0 Å². The number of ether oxygens (including phenoxy) is 1. The summed E-state index contributed by atoms with van der Waals surface area (Å²) in [6.45, 7) is 6.01. The van der Waals surface area contributed by atoms with Gasteiger partial charge in [0.05, 0.1) is 0 Å². The van der Waals surface area contributed by atoms with E-state index in [0.29, 0.717) is 0 Å². The van der Waals surface area contributed by atoms with Crippen LogP contribution in [-0.4, -0.2) is 67.7 Å². The maximum atomic E-state index is 13.1. The molecule has 2 aromatic rings. The zero-order chi connectivity index (χ0) is 18.7. The Bertz CT molecular complexity index is 798. The number of amides is 1. The summed E-state index contributed by atoms with van der Waals surface area (Å²) < 4.78 is 5.72. The van der Waals surface area contributed by atoms with Crippen LogP contribution in [0, 0.1) is 0 Å². The predicted octanol–water partition coefficient (Wildman–Crippen LogP) is 3.10. The van der Waals surface area contributed by atoms with Crippen molar-refractivity contribution in [1.29, 1.82) is 0 Å². The van der Waals surface area contributed by atoms with E-state index in [4.69, 9.17) is 4.74 Å². The number of nitrogens with one attached hydrogen (secondary N) is 1. The van der Waals surface area contributed by atoms with Gasteiger partial charge in [-0.25, -0.2) is 0 Å². The van der Waals surface area contributed by atoms with E-state index in [1.54, 1.807) is 7.11 Å². The monoisotopic (exact) mass is 439 g/mol. The molecule has 2 heterocycles. The average Bonchev–Trinajstić information content (AvgIpc) is 2.74. The van der Waals surface area contributed by atoms with Crippen molar-refractivity contribution in [2.24, 2.45) is 0 Å². The number of hydrogen-bond donors (Lipinski definition) is 1. The van der Waals surface area contributed by atoms with Crippen LogP contribution in [0.4, 0.5) is 0 Å². The lowest BCUT2D eigenvalue weighted by atomic mass is 9.90. The number of carbonyl (C=O) groups is 1. The summed E-state index contributed by atoms with van der Waals surface area (Å²) in [5.41, 5.74) is 0.739. The first-order valence-corrected chi connectivity index (χ1v) is 9.96. The quantitative estimate of drug-likeness (QED) is 0.794. The minimum Gasteiger partial charge on any atom is -0.368 e. The molecule has 1 amide bonds. The van der Waals surface area contributed by atoms with Crippen molar-refractivity contribution in [1.82, 2.24) is 15.1 Å². The zero-order valence-electron chi connectivity index (χ0n) is 16.9. The number of fused-ring (bicyclic) bond motifs is 1. The first-order valence-electron chi connectivity index (χ1n) is 9.96. The number of rotatable bonds is 4. The predicted molar refractivity (Wildman–Crippen MR) is 122 cm³/mol. The number of nitrogens with zero attached hydrogens (tertiary/aromatic N) is 2. The maximum absolute atomic E-state index is 13.1. The SMILES string of the molecule is COC1(C(=O)N2CCN(Cc3cccc4ccccc34)CC2)CCNCC1.Cl.Cl. The molecule has 0 radical (unpaired) electrons. The Kier molecular flexibility index (Phi) is 8.73. The Hall–Kier alpha value is -1.37. The molecule has 2 fully saturated rings. The molecule has 0 aromatic heterocycles. The van der Waals surface area contributed by atoms with Crippen LogP contribution in [0.3, 0.4) is 0 Å². The Labute approximate surface area is 185 Å². The van der Waals surface area contributed by atoms with Crippen LogP contribution in [-0.2, 0) is 16.1 Å². The normalized spacial score (nSPS) is 19.3. The molecule has 160 valence electrons. The first-order chi connectivity index (χ1) is 13.2. The molecule has 2 aliphatic rings. The molecule has 1 N–H and O–H groups in total. The summed E-state index contributed by atoms with van der Waals surface area (Å²) in [6.07, 6.45) is 1.52. The number of methoxy groups -OCH3 is 1. The largest absolute Gasteiger partial charge is 0.368 e. The lowest BCUT2D eigenvalue weighted by Gasteiger charge is -2.42. The Balaban J connectivity index is 0.00000150. The molecule has 7 heteroatoms. The van der Waals surface area contributed by atoms with Crippen molar-refractivity contribution in [3.8, 4) is 0 Å². The summed E-state index contributed by atoms with van der Waals surface area (Å²) in [7, 11) is 1.68. The van der Waals surface area contributed by atoms with Crippen LogP contribution in [0.25, 0.3) is 10.8 Å². The summed E-state index contributed by atoms with van der Waals surface area (Å²) >= 11 is 0. The molecule has 4 rings (SSSR count). The Morgan fingerprint density at radius 1 is 1.00 bits per heavy atom. The van der Waals surface area contributed by atoms with Gasteiger partial charge in [-0.15, -0.1) is 24.8 Å². The van der Waals surface area contributed by atoms with Crippen LogP contribution in [0.2, 0.25) is 0 Å². The van der Waals surface area contributed by atoms with Crippen molar-refractivity contribution in [2.75, 3.05) is 46.4 Å². The molecule has 0 bridgehead atoms. The second-order valence-electron chi connectivity index (χ2n) is 7.66. The van der Waals surface area contributed by atoms with Gasteiger partial charge in [0.15, 0.2) is 0 Å². The fourth-order valence-corrected chi connectivity index (χ4v) is 4.40. The Morgan fingerprint density at radius 3 is 2.34 bits per heavy atom. The number of piperidine rings is 1. The molecule has 2 saturated heterocycles. The third-order valence-corrected chi connectivity index (χ3v) is 6.13. The number of carbonyl (C=O) groups excluding carboxylic acids is 1. The van der Waals surface area contributed by atoms with Crippen LogP contribution >= 0.6 is 24.8 Å². The van der Waals surface area contributed by atoms with Gasteiger partial charge < -0.3 is 15.0 Å². The summed E-state index contributed by atoms with van der Waals surface area (Å²) in [5.74, 6) is 0.177. The summed E-state index contributed by atoms with van der Waals surface area (Å²) in [5, 5.41) is 5.94. The summed E-state index contributed by atoms with van der Waals surface area (Å²) in [4.78, 5) is 17.6. The standard InChI is InChI=1S/C22H29N3O2.2ClH/c1-27-22(9-11-23-12-10-22)21(26)25-15-13-24(14-16-25)17-19-7-4-6-18-5-2-3-8-20(18)19;;/h2-8,23H,9-17H2,1H3;2*1H. The highest BCUT2D eigenvalue weighted by Crippen LogP contribution is 2.26. The average molecular weight is 440 g/mol. The fraction of sp³-hybridized carbons (Fsp3) is 0.500. The minimum absolute atomic E-state index is 0. The molecule has 0 aliphatic carbocycles.